The molecule has 0 bridgehead atoms. The van der Waals surface area contributed by atoms with Gasteiger partial charge < -0.3 is 0 Å². The van der Waals surface area contributed by atoms with Crippen molar-refractivity contribution in [2.45, 2.75) is 6.54 Å². The highest BCUT2D eigenvalue weighted by Crippen LogP contribution is 2.33. The first-order chi connectivity index (χ1) is 11.6. The molecule has 0 unspecified atom stereocenters. The normalized spacial score (nSPS) is 15.8. The molecule has 1 aliphatic rings. The lowest BCUT2D eigenvalue weighted by Crippen LogP contribution is -2.27. The molecule has 118 valence electrons. The van der Waals surface area contributed by atoms with Gasteiger partial charge in [0.15, 0.2) is 0 Å². The van der Waals surface area contributed by atoms with Crippen LogP contribution < -0.4 is 0 Å². The number of benzene rings is 2. The Labute approximate surface area is 142 Å². The van der Waals surface area contributed by atoms with Crippen LogP contribution in [-0.2, 0) is 11.3 Å². The molecule has 2 aromatic carbocycles. The molecule has 0 radical (unpaired) electrons. The lowest BCUT2D eigenvalue weighted by Gasteiger charge is -2.13. The summed E-state index contributed by atoms with van der Waals surface area (Å²) in [5, 5.41) is 8.70. The SMILES string of the molecule is N#Cc1ccccc1CN1C(=O)S/C(=C/c2cccc(F)c2)C1=O. The molecule has 0 atom stereocenters. The Kier molecular flexibility index (Phi) is 4.45. The zero-order valence-electron chi connectivity index (χ0n) is 12.4. The number of halogens is 1. The third-order valence-corrected chi connectivity index (χ3v) is 4.39. The predicted molar refractivity (Wildman–Crippen MR) is 89.1 cm³/mol. The van der Waals surface area contributed by atoms with Gasteiger partial charge in [0.1, 0.15) is 5.82 Å². The van der Waals surface area contributed by atoms with Crippen LogP contribution >= 0.6 is 11.8 Å². The smallest absolute Gasteiger partial charge is 0.268 e. The molecule has 2 amide bonds. The van der Waals surface area contributed by atoms with Crippen molar-refractivity contribution >= 4 is 29.0 Å². The van der Waals surface area contributed by atoms with Crippen molar-refractivity contribution in [1.29, 1.82) is 5.26 Å². The highest BCUT2D eigenvalue weighted by molar-refractivity contribution is 8.18. The van der Waals surface area contributed by atoms with Gasteiger partial charge in [-0.3, -0.25) is 14.5 Å². The fraction of sp³-hybridized carbons (Fsp3) is 0.0556. The van der Waals surface area contributed by atoms with Gasteiger partial charge >= 0.3 is 0 Å². The van der Waals surface area contributed by atoms with Crippen molar-refractivity contribution in [3.63, 3.8) is 0 Å². The maximum absolute atomic E-state index is 13.2. The minimum absolute atomic E-state index is 0.0366. The fourth-order valence-corrected chi connectivity index (χ4v) is 3.16. The number of imide groups is 1. The van der Waals surface area contributed by atoms with Crippen molar-refractivity contribution in [2.24, 2.45) is 0 Å². The molecular weight excluding hydrogens is 327 g/mol. The maximum atomic E-state index is 13.2. The Balaban J connectivity index is 1.86. The summed E-state index contributed by atoms with van der Waals surface area (Å²) >= 11 is 0.808. The zero-order valence-corrected chi connectivity index (χ0v) is 13.2. The predicted octanol–water partition coefficient (Wildman–Crippen LogP) is 3.93. The number of rotatable bonds is 3. The lowest BCUT2D eigenvalue weighted by molar-refractivity contribution is -0.123. The molecule has 1 heterocycles. The molecule has 0 saturated carbocycles. The maximum Gasteiger partial charge on any atom is 0.293 e. The van der Waals surface area contributed by atoms with E-state index in [-0.39, 0.29) is 11.4 Å². The summed E-state index contributed by atoms with van der Waals surface area (Å²) in [7, 11) is 0. The summed E-state index contributed by atoms with van der Waals surface area (Å²) in [6, 6.07) is 14.6. The van der Waals surface area contributed by atoms with E-state index in [9.17, 15) is 14.0 Å². The Morgan fingerprint density at radius 2 is 1.96 bits per heavy atom. The second-order valence-corrected chi connectivity index (χ2v) is 6.09. The number of nitriles is 1. The Hall–Kier alpha value is -2.91. The summed E-state index contributed by atoms with van der Waals surface area (Å²) in [6.07, 6.45) is 1.49. The van der Waals surface area contributed by atoms with Gasteiger partial charge in [-0.15, -0.1) is 0 Å². The minimum Gasteiger partial charge on any atom is -0.268 e. The molecule has 2 aromatic rings. The summed E-state index contributed by atoms with van der Waals surface area (Å²) in [6.45, 7) is 0.0366. The van der Waals surface area contributed by atoms with Gasteiger partial charge in [-0.05, 0) is 47.2 Å². The first kappa shape index (κ1) is 16.0. The molecule has 0 N–H and O–H groups in total. The van der Waals surface area contributed by atoms with E-state index in [0.717, 1.165) is 16.7 Å². The quantitative estimate of drug-likeness (QED) is 0.796. The molecule has 24 heavy (non-hydrogen) atoms. The van der Waals surface area contributed by atoms with Gasteiger partial charge in [-0.25, -0.2) is 4.39 Å². The third-order valence-electron chi connectivity index (χ3n) is 3.49. The molecule has 0 spiro atoms. The Bertz CT molecular complexity index is 902. The van der Waals surface area contributed by atoms with Crippen LogP contribution in [-0.4, -0.2) is 16.0 Å². The van der Waals surface area contributed by atoms with Gasteiger partial charge in [0.2, 0.25) is 0 Å². The van der Waals surface area contributed by atoms with Crippen LogP contribution in [0.1, 0.15) is 16.7 Å². The molecule has 0 aromatic heterocycles. The number of thioether (sulfide) groups is 1. The van der Waals surface area contributed by atoms with Crippen molar-refractivity contribution in [3.8, 4) is 6.07 Å². The topological polar surface area (TPSA) is 61.2 Å². The van der Waals surface area contributed by atoms with Gasteiger partial charge in [0.25, 0.3) is 11.1 Å². The molecule has 1 fully saturated rings. The number of carbonyl (C=O) groups excluding carboxylic acids is 2. The zero-order chi connectivity index (χ0) is 17.1. The second-order valence-electron chi connectivity index (χ2n) is 5.09. The summed E-state index contributed by atoms with van der Waals surface area (Å²) < 4.78 is 13.2. The van der Waals surface area contributed by atoms with Crippen molar-refractivity contribution < 1.29 is 14.0 Å². The van der Waals surface area contributed by atoms with E-state index in [2.05, 4.69) is 0 Å². The van der Waals surface area contributed by atoms with Crippen LogP contribution in [0.5, 0.6) is 0 Å². The number of nitrogens with zero attached hydrogens (tertiary/aromatic N) is 2. The molecule has 1 aliphatic heterocycles. The van der Waals surface area contributed by atoms with Gasteiger partial charge in [-0.2, -0.15) is 5.26 Å². The van der Waals surface area contributed by atoms with Crippen LogP contribution in [0.25, 0.3) is 6.08 Å². The number of carbonyl (C=O) groups is 2. The van der Waals surface area contributed by atoms with Gasteiger partial charge in [-0.1, -0.05) is 30.3 Å². The molecule has 4 nitrogen and oxygen atoms in total. The average Bonchev–Trinajstić information content (AvgIpc) is 2.83. The van der Waals surface area contributed by atoms with Crippen LogP contribution in [0.2, 0.25) is 0 Å². The molecule has 0 aliphatic carbocycles. The Morgan fingerprint density at radius 1 is 1.17 bits per heavy atom. The van der Waals surface area contributed by atoms with E-state index < -0.39 is 17.0 Å². The van der Waals surface area contributed by atoms with E-state index >= 15 is 0 Å². The van der Waals surface area contributed by atoms with Crippen molar-refractivity contribution in [2.75, 3.05) is 0 Å². The standard InChI is InChI=1S/C18H11FN2O2S/c19-15-7-3-4-12(8-15)9-16-17(22)21(18(23)24-16)11-14-6-2-1-5-13(14)10-20/h1-9H,11H2/b16-9+. The highest BCUT2D eigenvalue weighted by Gasteiger charge is 2.35. The highest BCUT2D eigenvalue weighted by atomic mass is 32.2. The van der Waals surface area contributed by atoms with Gasteiger partial charge in [0.05, 0.1) is 23.1 Å². The molecule has 1 saturated heterocycles. The summed E-state index contributed by atoms with van der Waals surface area (Å²) in [4.78, 5) is 25.9. The Morgan fingerprint density at radius 3 is 2.71 bits per heavy atom. The van der Waals surface area contributed by atoms with E-state index in [1.807, 2.05) is 6.07 Å². The average molecular weight is 338 g/mol. The number of amides is 2. The number of hydrogen-bond donors (Lipinski definition) is 0. The van der Waals surface area contributed by atoms with Crippen LogP contribution in [0, 0.1) is 17.1 Å². The summed E-state index contributed by atoms with van der Waals surface area (Å²) in [5.41, 5.74) is 1.54. The minimum atomic E-state index is -0.443. The summed E-state index contributed by atoms with van der Waals surface area (Å²) in [5.74, 6) is -0.854. The van der Waals surface area contributed by atoms with Crippen molar-refractivity contribution in [3.05, 3.63) is 75.9 Å². The first-order valence-electron chi connectivity index (χ1n) is 7.07. The van der Waals surface area contributed by atoms with Crippen LogP contribution in [0.3, 0.4) is 0 Å². The van der Waals surface area contributed by atoms with E-state index in [1.165, 1.54) is 24.3 Å². The number of hydrogen-bond acceptors (Lipinski definition) is 4. The lowest BCUT2D eigenvalue weighted by atomic mass is 10.1. The molecule has 6 heteroatoms. The largest absolute Gasteiger partial charge is 0.293 e. The van der Waals surface area contributed by atoms with E-state index in [0.29, 0.717) is 16.7 Å². The fourth-order valence-electron chi connectivity index (χ4n) is 2.32. The van der Waals surface area contributed by atoms with E-state index in [1.54, 1.807) is 30.3 Å². The third kappa shape index (κ3) is 3.21. The molecular formula is C18H11FN2O2S. The molecule has 3 rings (SSSR count). The van der Waals surface area contributed by atoms with E-state index in [4.69, 9.17) is 5.26 Å². The van der Waals surface area contributed by atoms with Crippen LogP contribution in [0.4, 0.5) is 9.18 Å². The van der Waals surface area contributed by atoms with Crippen LogP contribution in [0.15, 0.2) is 53.4 Å². The monoisotopic (exact) mass is 338 g/mol. The first-order valence-corrected chi connectivity index (χ1v) is 7.89. The second kappa shape index (κ2) is 6.69. The van der Waals surface area contributed by atoms with Crippen molar-refractivity contribution in [1.82, 2.24) is 4.90 Å². The van der Waals surface area contributed by atoms with Gasteiger partial charge in [0, 0.05) is 0 Å².